The van der Waals surface area contributed by atoms with E-state index >= 15 is 0 Å². The molecule has 2 unspecified atom stereocenters. The number of halogens is 2. The number of ether oxygens (including phenoxy) is 1. The van der Waals surface area contributed by atoms with Gasteiger partial charge in [0.05, 0.1) is 11.7 Å². The lowest BCUT2D eigenvalue weighted by molar-refractivity contribution is -0.0202. The molecule has 1 saturated heterocycles. The zero-order valence-corrected chi connectivity index (χ0v) is 13.3. The Labute approximate surface area is 123 Å². The van der Waals surface area contributed by atoms with Crippen molar-refractivity contribution < 1.29 is 4.74 Å². The summed E-state index contributed by atoms with van der Waals surface area (Å²) in [4.78, 5) is 0. The second-order valence-electron chi connectivity index (χ2n) is 5.68. The van der Waals surface area contributed by atoms with E-state index in [-0.39, 0.29) is 5.60 Å². The van der Waals surface area contributed by atoms with Gasteiger partial charge in [0.25, 0.3) is 0 Å². The predicted molar refractivity (Wildman–Crippen MR) is 80.4 cm³/mol. The highest BCUT2D eigenvalue weighted by Crippen LogP contribution is 2.35. The van der Waals surface area contributed by atoms with Crippen LogP contribution in [0.3, 0.4) is 0 Å². The van der Waals surface area contributed by atoms with Crippen LogP contribution in [0.5, 0.6) is 0 Å². The molecule has 1 aliphatic heterocycles. The molecule has 1 aliphatic rings. The zero-order chi connectivity index (χ0) is 13.2. The summed E-state index contributed by atoms with van der Waals surface area (Å²) in [5.74, 6) is 1.04. The molecule has 1 fully saturated rings. The smallest absolute Gasteiger partial charge is 0.0631 e. The summed E-state index contributed by atoms with van der Waals surface area (Å²) in [5.41, 5.74) is 1.35. The van der Waals surface area contributed by atoms with E-state index in [4.69, 9.17) is 16.3 Å². The maximum Gasteiger partial charge on any atom is 0.0631 e. The molecule has 1 heterocycles. The quantitative estimate of drug-likeness (QED) is 0.696. The van der Waals surface area contributed by atoms with Crippen LogP contribution in [-0.2, 0) is 4.74 Å². The van der Waals surface area contributed by atoms with Gasteiger partial charge in [0.1, 0.15) is 0 Å². The summed E-state index contributed by atoms with van der Waals surface area (Å²) in [6.07, 6.45) is 3.67. The molecule has 1 aromatic carbocycles. The summed E-state index contributed by atoms with van der Waals surface area (Å²) < 4.78 is 7.17. The molecule has 0 N–H and O–H groups in total. The van der Waals surface area contributed by atoms with Gasteiger partial charge in [0.2, 0.25) is 0 Å². The molecule has 1 aromatic rings. The van der Waals surface area contributed by atoms with Crippen molar-refractivity contribution in [2.75, 3.05) is 5.88 Å². The molecular weight excluding hydrogens is 312 g/mol. The van der Waals surface area contributed by atoms with Crippen molar-refractivity contribution in [2.45, 2.75) is 50.7 Å². The summed E-state index contributed by atoms with van der Waals surface area (Å²) in [7, 11) is 0. The van der Waals surface area contributed by atoms with Gasteiger partial charge in [0, 0.05) is 10.4 Å². The van der Waals surface area contributed by atoms with Gasteiger partial charge in [0.15, 0.2) is 0 Å². The molecule has 18 heavy (non-hydrogen) atoms. The molecule has 3 heteroatoms. The number of hydrogen-bond acceptors (Lipinski definition) is 1. The Kier molecular flexibility index (Phi) is 4.74. The van der Waals surface area contributed by atoms with E-state index in [2.05, 4.69) is 54.0 Å². The molecule has 0 saturated carbocycles. The minimum Gasteiger partial charge on any atom is -0.372 e. The summed E-state index contributed by atoms with van der Waals surface area (Å²) in [6.45, 7) is 4.34. The lowest BCUT2D eigenvalue weighted by atomic mass is 9.93. The summed E-state index contributed by atoms with van der Waals surface area (Å²) in [5, 5.41) is 0. The van der Waals surface area contributed by atoms with E-state index in [0.717, 1.165) is 23.7 Å². The van der Waals surface area contributed by atoms with Crippen molar-refractivity contribution in [2.24, 2.45) is 0 Å². The highest BCUT2D eigenvalue weighted by Gasteiger charge is 2.33. The van der Waals surface area contributed by atoms with E-state index < -0.39 is 0 Å². The van der Waals surface area contributed by atoms with Gasteiger partial charge in [-0.2, -0.15) is 0 Å². The van der Waals surface area contributed by atoms with Crippen molar-refractivity contribution >= 4 is 27.5 Å². The minimum atomic E-state index is 0.0429. The Morgan fingerprint density at radius 2 is 2.06 bits per heavy atom. The van der Waals surface area contributed by atoms with Crippen LogP contribution in [0.25, 0.3) is 0 Å². The van der Waals surface area contributed by atoms with Crippen molar-refractivity contribution in [1.82, 2.24) is 0 Å². The lowest BCUT2D eigenvalue weighted by Gasteiger charge is -2.22. The molecule has 2 atom stereocenters. The third-order valence-corrected chi connectivity index (χ3v) is 4.53. The second-order valence-corrected chi connectivity index (χ2v) is 6.90. The molecule has 0 aromatic heterocycles. The number of benzene rings is 1. The topological polar surface area (TPSA) is 9.23 Å². The first-order chi connectivity index (χ1) is 8.50. The lowest BCUT2D eigenvalue weighted by Crippen LogP contribution is -2.21. The Balaban J connectivity index is 2.00. The van der Waals surface area contributed by atoms with E-state index in [1.54, 1.807) is 0 Å². The van der Waals surface area contributed by atoms with Gasteiger partial charge in [-0.15, -0.1) is 11.6 Å². The Bertz CT molecular complexity index is 388. The molecule has 1 nitrogen and oxygen atoms in total. The van der Waals surface area contributed by atoms with Crippen molar-refractivity contribution in [3.8, 4) is 0 Å². The maximum absolute atomic E-state index is 6.12. The molecule has 0 spiro atoms. The van der Waals surface area contributed by atoms with Gasteiger partial charge in [-0.25, -0.2) is 0 Å². The van der Waals surface area contributed by atoms with Crippen LogP contribution in [0.1, 0.15) is 44.6 Å². The zero-order valence-electron chi connectivity index (χ0n) is 11.0. The van der Waals surface area contributed by atoms with Crippen LogP contribution in [0.4, 0.5) is 0 Å². The van der Waals surface area contributed by atoms with Gasteiger partial charge < -0.3 is 4.74 Å². The normalized spacial score (nSPS) is 24.1. The average Bonchev–Trinajstić information content (AvgIpc) is 2.67. The van der Waals surface area contributed by atoms with Crippen LogP contribution in [0.2, 0.25) is 0 Å². The van der Waals surface area contributed by atoms with Crippen molar-refractivity contribution in [1.29, 1.82) is 0 Å². The molecule has 0 amide bonds. The van der Waals surface area contributed by atoms with E-state index in [9.17, 15) is 0 Å². The highest BCUT2D eigenvalue weighted by atomic mass is 79.9. The fourth-order valence-corrected chi connectivity index (χ4v) is 3.15. The first kappa shape index (κ1) is 14.4. The fourth-order valence-electron chi connectivity index (χ4n) is 2.58. The van der Waals surface area contributed by atoms with Gasteiger partial charge in [-0.05, 0) is 56.7 Å². The highest BCUT2D eigenvalue weighted by molar-refractivity contribution is 9.10. The van der Waals surface area contributed by atoms with Crippen molar-refractivity contribution in [3.63, 3.8) is 0 Å². The maximum atomic E-state index is 6.12. The average molecular weight is 332 g/mol. The Hall–Kier alpha value is -0.0500. The van der Waals surface area contributed by atoms with E-state index in [1.807, 2.05) is 0 Å². The molecule has 0 bridgehead atoms. The number of rotatable bonds is 4. The first-order valence-electron chi connectivity index (χ1n) is 6.49. The molecule has 100 valence electrons. The molecular formula is C15H20BrClO. The van der Waals surface area contributed by atoms with Crippen molar-refractivity contribution in [3.05, 3.63) is 34.3 Å². The first-order valence-corrected chi connectivity index (χ1v) is 7.82. The number of alkyl halides is 1. The van der Waals surface area contributed by atoms with Crippen LogP contribution in [-0.4, -0.2) is 17.6 Å². The van der Waals surface area contributed by atoms with Gasteiger partial charge in [-0.3, -0.25) is 0 Å². The molecule has 2 rings (SSSR count). The second kappa shape index (κ2) is 5.94. The number of hydrogen-bond donors (Lipinski definition) is 0. The van der Waals surface area contributed by atoms with Crippen LogP contribution < -0.4 is 0 Å². The minimum absolute atomic E-state index is 0.0429. The summed E-state index contributed by atoms with van der Waals surface area (Å²) in [6, 6.07) is 8.46. The SMILES string of the molecule is CC1(C)CCC(CC(CCl)c2ccc(Br)cc2)O1. The van der Waals surface area contributed by atoms with E-state index in [0.29, 0.717) is 17.9 Å². The van der Waals surface area contributed by atoms with Gasteiger partial charge in [-0.1, -0.05) is 28.1 Å². The third kappa shape index (κ3) is 3.72. The largest absolute Gasteiger partial charge is 0.372 e. The fraction of sp³-hybridized carbons (Fsp3) is 0.600. The molecule has 0 radical (unpaired) electrons. The Morgan fingerprint density at radius 3 is 2.56 bits per heavy atom. The Morgan fingerprint density at radius 1 is 1.39 bits per heavy atom. The molecule has 0 aliphatic carbocycles. The predicted octanol–water partition coefficient (Wildman–Crippen LogP) is 5.12. The van der Waals surface area contributed by atoms with Crippen LogP contribution in [0, 0.1) is 0 Å². The monoisotopic (exact) mass is 330 g/mol. The van der Waals surface area contributed by atoms with Crippen LogP contribution in [0.15, 0.2) is 28.7 Å². The van der Waals surface area contributed by atoms with E-state index in [1.165, 1.54) is 5.56 Å². The third-order valence-electron chi connectivity index (χ3n) is 3.63. The summed E-state index contributed by atoms with van der Waals surface area (Å²) >= 11 is 9.59. The van der Waals surface area contributed by atoms with Crippen LogP contribution >= 0.6 is 27.5 Å². The standard InChI is InChI=1S/C15H20BrClO/c1-15(2)8-7-14(18-15)9-12(10-17)11-3-5-13(16)6-4-11/h3-6,12,14H,7-10H2,1-2H3. The van der Waals surface area contributed by atoms with Gasteiger partial charge >= 0.3 is 0 Å².